The van der Waals surface area contributed by atoms with Crippen molar-refractivity contribution < 1.29 is 8.42 Å². The molecule has 0 saturated heterocycles. The first-order valence-electron chi connectivity index (χ1n) is 5.62. The van der Waals surface area contributed by atoms with Gasteiger partial charge in [-0.2, -0.15) is 0 Å². The first kappa shape index (κ1) is 14.4. The number of hydrazine groups is 1. The van der Waals surface area contributed by atoms with E-state index in [1.807, 2.05) is 0 Å². The average molecular weight is 308 g/mol. The number of hydrogen-bond donors (Lipinski definition) is 3. The van der Waals surface area contributed by atoms with Crippen LogP contribution in [0.5, 0.6) is 0 Å². The zero-order valence-corrected chi connectivity index (χ0v) is 11.9. The summed E-state index contributed by atoms with van der Waals surface area (Å²) in [7, 11) is -3.65. The molecule has 104 valence electrons. The second kappa shape index (κ2) is 6.42. The lowest BCUT2D eigenvalue weighted by Crippen LogP contribution is -2.43. The van der Waals surface area contributed by atoms with Gasteiger partial charge >= 0.3 is 0 Å². The van der Waals surface area contributed by atoms with Gasteiger partial charge in [0.2, 0.25) is 0 Å². The number of benzene rings is 1. The summed E-state index contributed by atoms with van der Waals surface area (Å²) < 4.78 is 23.8. The second-order valence-corrected chi connectivity index (χ2v) is 5.83. The summed E-state index contributed by atoms with van der Waals surface area (Å²) >= 11 is 4.98. The highest BCUT2D eigenvalue weighted by molar-refractivity contribution is 7.89. The molecule has 6 nitrogen and oxygen atoms in total. The number of aromatic nitrogens is 1. The fraction of sp³-hybridized carbons (Fsp3) is 0. The number of sulfonamides is 1. The number of hydrogen-bond acceptors (Lipinski definition) is 4. The van der Waals surface area contributed by atoms with Crippen molar-refractivity contribution in [3.8, 4) is 0 Å². The normalized spacial score (nSPS) is 10.8. The van der Waals surface area contributed by atoms with E-state index in [4.69, 9.17) is 12.2 Å². The molecule has 0 aliphatic carbocycles. The maximum atomic E-state index is 11.9. The first-order valence-corrected chi connectivity index (χ1v) is 7.51. The van der Waals surface area contributed by atoms with E-state index >= 15 is 0 Å². The van der Waals surface area contributed by atoms with Crippen LogP contribution in [0.25, 0.3) is 0 Å². The fourth-order valence-corrected chi connectivity index (χ4v) is 2.47. The predicted octanol–water partition coefficient (Wildman–Crippen LogP) is 1.26. The molecule has 0 amide bonds. The molecule has 1 aromatic carbocycles. The Balaban J connectivity index is 1.94. The smallest absolute Gasteiger partial charge is 0.257 e. The van der Waals surface area contributed by atoms with Crippen molar-refractivity contribution in [2.75, 3.05) is 5.32 Å². The number of nitrogens with one attached hydrogen (secondary N) is 3. The first-order chi connectivity index (χ1) is 9.58. The van der Waals surface area contributed by atoms with E-state index in [0.29, 0.717) is 5.69 Å². The van der Waals surface area contributed by atoms with Crippen LogP contribution in [0.15, 0.2) is 59.8 Å². The van der Waals surface area contributed by atoms with Crippen molar-refractivity contribution in [3.63, 3.8) is 0 Å². The van der Waals surface area contributed by atoms with Crippen molar-refractivity contribution in [2.45, 2.75) is 4.90 Å². The summed E-state index contributed by atoms with van der Waals surface area (Å²) in [4.78, 5) is 6.25. The van der Waals surface area contributed by atoms with Gasteiger partial charge in [-0.15, -0.1) is 4.83 Å². The van der Waals surface area contributed by atoms with Gasteiger partial charge in [-0.1, -0.05) is 18.2 Å². The van der Waals surface area contributed by atoms with E-state index in [0.717, 1.165) is 0 Å². The maximum absolute atomic E-state index is 11.9. The summed E-state index contributed by atoms with van der Waals surface area (Å²) in [6.07, 6.45) is 3.19. The van der Waals surface area contributed by atoms with Gasteiger partial charge in [-0.3, -0.25) is 10.4 Å². The molecule has 0 fully saturated rings. The van der Waals surface area contributed by atoms with Gasteiger partial charge in [0.15, 0.2) is 5.11 Å². The number of rotatable bonds is 4. The van der Waals surface area contributed by atoms with E-state index in [2.05, 4.69) is 20.6 Å². The molecule has 0 unspecified atom stereocenters. The average Bonchev–Trinajstić information content (AvgIpc) is 2.47. The summed E-state index contributed by atoms with van der Waals surface area (Å²) in [5, 5.41) is 2.92. The van der Waals surface area contributed by atoms with Gasteiger partial charge in [0.25, 0.3) is 10.0 Å². The van der Waals surface area contributed by atoms with Crippen molar-refractivity contribution >= 4 is 33.0 Å². The lowest BCUT2D eigenvalue weighted by Gasteiger charge is -2.11. The molecule has 0 saturated carbocycles. The van der Waals surface area contributed by atoms with Gasteiger partial charge in [-0.05, 0) is 36.5 Å². The summed E-state index contributed by atoms with van der Waals surface area (Å²) in [6, 6.07) is 11.5. The monoisotopic (exact) mass is 308 g/mol. The van der Waals surface area contributed by atoms with Gasteiger partial charge in [0.1, 0.15) is 0 Å². The minimum Gasteiger partial charge on any atom is -0.330 e. The lowest BCUT2D eigenvalue weighted by molar-refractivity contribution is 0.578. The molecule has 2 rings (SSSR count). The van der Waals surface area contributed by atoms with Crippen LogP contribution >= 0.6 is 12.2 Å². The van der Waals surface area contributed by atoms with E-state index in [1.165, 1.54) is 12.1 Å². The molecule has 3 N–H and O–H groups in total. The Kier molecular flexibility index (Phi) is 4.61. The SMILES string of the molecule is O=S(=O)(NNC(=S)Nc1cccnc1)c1ccccc1. The minimum atomic E-state index is -3.65. The van der Waals surface area contributed by atoms with E-state index in [-0.39, 0.29) is 10.0 Å². The van der Waals surface area contributed by atoms with Crippen LogP contribution in [-0.2, 0) is 10.0 Å². The molecule has 1 aromatic heterocycles. The van der Waals surface area contributed by atoms with Crippen LogP contribution in [0.3, 0.4) is 0 Å². The topological polar surface area (TPSA) is 83.1 Å². The van der Waals surface area contributed by atoms with Crippen LogP contribution in [0.1, 0.15) is 0 Å². The number of pyridine rings is 1. The Morgan fingerprint density at radius 2 is 1.85 bits per heavy atom. The molecular weight excluding hydrogens is 296 g/mol. The molecule has 0 atom stereocenters. The third-order valence-corrected chi connectivity index (χ3v) is 3.74. The van der Waals surface area contributed by atoms with Crippen molar-refractivity contribution in [3.05, 3.63) is 54.9 Å². The number of nitrogens with zero attached hydrogens (tertiary/aromatic N) is 1. The van der Waals surface area contributed by atoms with Crippen LogP contribution in [0, 0.1) is 0 Å². The number of thiocarbonyl (C=S) groups is 1. The fourth-order valence-electron chi connectivity index (χ4n) is 1.37. The maximum Gasteiger partial charge on any atom is 0.257 e. The van der Waals surface area contributed by atoms with Crippen molar-refractivity contribution in [1.82, 2.24) is 15.2 Å². The van der Waals surface area contributed by atoms with Crippen molar-refractivity contribution in [1.29, 1.82) is 0 Å². The summed E-state index contributed by atoms with van der Waals surface area (Å²) in [5.41, 5.74) is 3.08. The molecular formula is C12H12N4O2S2. The molecule has 1 heterocycles. The van der Waals surface area contributed by atoms with E-state index in [1.54, 1.807) is 42.7 Å². The van der Waals surface area contributed by atoms with Crippen LogP contribution in [-0.4, -0.2) is 18.5 Å². The molecule has 0 aliphatic heterocycles. The van der Waals surface area contributed by atoms with Crippen LogP contribution < -0.4 is 15.6 Å². The zero-order chi connectivity index (χ0) is 14.4. The largest absolute Gasteiger partial charge is 0.330 e. The Hall–Kier alpha value is -2.03. The van der Waals surface area contributed by atoms with Gasteiger partial charge in [-0.25, -0.2) is 8.42 Å². The molecule has 0 radical (unpaired) electrons. The third kappa shape index (κ3) is 3.98. The van der Waals surface area contributed by atoms with Gasteiger partial charge in [0, 0.05) is 6.20 Å². The van der Waals surface area contributed by atoms with Gasteiger partial charge in [0.05, 0.1) is 16.8 Å². The molecule has 0 bridgehead atoms. The predicted molar refractivity (Wildman–Crippen MR) is 80.4 cm³/mol. The minimum absolute atomic E-state index is 0.123. The highest BCUT2D eigenvalue weighted by Gasteiger charge is 2.13. The molecule has 20 heavy (non-hydrogen) atoms. The standard InChI is InChI=1S/C12H12N4O2S2/c17-20(18,11-6-2-1-3-7-11)16-15-12(19)14-10-5-4-8-13-9-10/h1-9,16H,(H2,14,15,19). The third-order valence-electron chi connectivity index (χ3n) is 2.27. The Bertz CT molecular complexity index is 675. The summed E-state index contributed by atoms with van der Waals surface area (Å²) in [5.74, 6) is 0. The molecule has 2 aromatic rings. The zero-order valence-electron chi connectivity index (χ0n) is 10.3. The van der Waals surface area contributed by atoms with E-state index in [9.17, 15) is 8.42 Å². The Labute approximate surface area is 122 Å². The Morgan fingerprint density at radius 3 is 2.50 bits per heavy atom. The number of anilines is 1. The van der Waals surface area contributed by atoms with Gasteiger partial charge < -0.3 is 5.32 Å². The highest BCUT2D eigenvalue weighted by atomic mass is 32.2. The van der Waals surface area contributed by atoms with Crippen LogP contribution in [0.2, 0.25) is 0 Å². The Morgan fingerprint density at radius 1 is 1.10 bits per heavy atom. The highest BCUT2D eigenvalue weighted by Crippen LogP contribution is 2.06. The molecule has 0 spiro atoms. The summed E-state index contributed by atoms with van der Waals surface area (Å²) in [6.45, 7) is 0. The molecule has 8 heteroatoms. The second-order valence-electron chi connectivity index (χ2n) is 3.74. The lowest BCUT2D eigenvalue weighted by atomic mass is 10.4. The quantitative estimate of drug-likeness (QED) is 0.583. The van der Waals surface area contributed by atoms with E-state index < -0.39 is 10.0 Å². The van der Waals surface area contributed by atoms with Crippen molar-refractivity contribution in [2.24, 2.45) is 0 Å². The molecule has 0 aliphatic rings. The van der Waals surface area contributed by atoms with Crippen LogP contribution in [0.4, 0.5) is 5.69 Å².